The second-order valence-corrected chi connectivity index (χ2v) is 4.91. The highest BCUT2D eigenvalue weighted by molar-refractivity contribution is 5.17. The molecule has 0 aliphatic carbocycles. The van der Waals surface area contributed by atoms with Crippen molar-refractivity contribution in [2.45, 2.75) is 32.5 Å². The summed E-state index contributed by atoms with van der Waals surface area (Å²) in [5, 5.41) is 3.44. The van der Waals surface area contributed by atoms with Crippen molar-refractivity contribution in [1.82, 2.24) is 10.2 Å². The third-order valence-corrected chi connectivity index (χ3v) is 3.02. The molecule has 1 N–H and O–H groups in total. The summed E-state index contributed by atoms with van der Waals surface area (Å²) in [5.74, 6) is -1.55. The topological polar surface area (TPSA) is 15.3 Å². The van der Waals surface area contributed by atoms with Crippen LogP contribution in [0, 0.1) is 11.6 Å². The lowest BCUT2D eigenvalue weighted by Crippen LogP contribution is -2.53. The van der Waals surface area contributed by atoms with Gasteiger partial charge in [0.05, 0.1) is 0 Å². The third-order valence-electron chi connectivity index (χ3n) is 3.02. The lowest BCUT2D eigenvalue weighted by atomic mass is 10.1. The molecular weight excluding hydrogens is 222 g/mol. The number of hydrogen-bond acceptors (Lipinski definition) is 2. The van der Waals surface area contributed by atoms with Gasteiger partial charge in [0, 0.05) is 31.7 Å². The smallest absolute Gasteiger partial charge is 0.159 e. The van der Waals surface area contributed by atoms with Crippen LogP contribution in [0.15, 0.2) is 18.2 Å². The number of piperazine rings is 1. The minimum absolute atomic E-state index is 0.434. The second kappa shape index (κ2) is 5.10. The van der Waals surface area contributed by atoms with Crippen LogP contribution in [0.5, 0.6) is 0 Å². The number of rotatable bonds is 2. The minimum atomic E-state index is -0.782. The molecule has 1 fully saturated rings. The van der Waals surface area contributed by atoms with Gasteiger partial charge in [-0.2, -0.15) is 0 Å². The van der Waals surface area contributed by atoms with Crippen LogP contribution in [0.3, 0.4) is 0 Å². The number of nitrogens with zero attached hydrogens (tertiary/aromatic N) is 1. The molecule has 0 spiro atoms. The summed E-state index contributed by atoms with van der Waals surface area (Å²) in [4.78, 5) is 2.26. The molecule has 0 bridgehead atoms. The SMILES string of the molecule is CC1CN(Cc2ccc(F)c(F)c2)CC(C)N1. The molecule has 1 heterocycles. The lowest BCUT2D eigenvalue weighted by molar-refractivity contribution is 0.166. The number of halogens is 2. The Balaban J connectivity index is 2.02. The van der Waals surface area contributed by atoms with Gasteiger partial charge in [-0.15, -0.1) is 0 Å². The predicted octanol–water partition coefficient (Wildman–Crippen LogP) is 2.15. The van der Waals surface area contributed by atoms with Crippen molar-refractivity contribution in [3.8, 4) is 0 Å². The molecule has 0 saturated carbocycles. The largest absolute Gasteiger partial charge is 0.309 e. The van der Waals surface area contributed by atoms with E-state index in [1.165, 1.54) is 12.1 Å². The molecule has 1 aromatic carbocycles. The Morgan fingerprint density at radius 2 is 1.82 bits per heavy atom. The Morgan fingerprint density at radius 3 is 2.41 bits per heavy atom. The molecule has 2 nitrogen and oxygen atoms in total. The number of hydrogen-bond donors (Lipinski definition) is 1. The van der Waals surface area contributed by atoms with Crippen LogP contribution in [-0.4, -0.2) is 30.1 Å². The van der Waals surface area contributed by atoms with Crippen molar-refractivity contribution in [2.75, 3.05) is 13.1 Å². The van der Waals surface area contributed by atoms with Gasteiger partial charge in [0.25, 0.3) is 0 Å². The van der Waals surface area contributed by atoms with Gasteiger partial charge in [0.2, 0.25) is 0 Å². The molecule has 17 heavy (non-hydrogen) atoms. The summed E-state index contributed by atoms with van der Waals surface area (Å²) >= 11 is 0. The van der Waals surface area contributed by atoms with E-state index in [2.05, 4.69) is 24.1 Å². The molecule has 2 atom stereocenters. The zero-order valence-electron chi connectivity index (χ0n) is 10.2. The standard InChI is InChI=1S/C13H18F2N2/c1-9-6-17(7-10(2)16-9)8-11-3-4-12(14)13(15)5-11/h3-5,9-10,16H,6-8H2,1-2H3. The molecule has 1 aliphatic rings. The Bertz CT molecular complexity index is 385. The van der Waals surface area contributed by atoms with Gasteiger partial charge in [0.15, 0.2) is 11.6 Å². The van der Waals surface area contributed by atoms with Gasteiger partial charge in [0.1, 0.15) is 0 Å². The Hall–Kier alpha value is -1.00. The first-order valence-electron chi connectivity index (χ1n) is 5.97. The van der Waals surface area contributed by atoms with Crippen molar-refractivity contribution < 1.29 is 8.78 Å². The van der Waals surface area contributed by atoms with Crippen LogP contribution in [0.25, 0.3) is 0 Å². The fourth-order valence-corrected chi connectivity index (χ4v) is 2.47. The van der Waals surface area contributed by atoms with Crippen LogP contribution in [-0.2, 0) is 6.54 Å². The summed E-state index contributed by atoms with van der Waals surface area (Å²) in [5.41, 5.74) is 0.824. The molecule has 4 heteroatoms. The fourth-order valence-electron chi connectivity index (χ4n) is 2.47. The zero-order chi connectivity index (χ0) is 12.4. The van der Waals surface area contributed by atoms with Crippen LogP contribution in [0.4, 0.5) is 8.78 Å². The van der Waals surface area contributed by atoms with Crippen LogP contribution in [0.2, 0.25) is 0 Å². The molecule has 1 aliphatic heterocycles. The molecule has 94 valence electrons. The zero-order valence-corrected chi connectivity index (χ0v) is 10.2. The summed E-state index contributed by atoms with van der Waals surface area (Å²) in [7, 11) is 0. The first kappa shape index (κ1) is 12.5. The highest BCUT2D eigenvalue weighted by Crippen LogP contribution is 2.13. The quantitative estimate of drug-likeness (QED) is 0.852. The maximum absolute atomic E-state index is 13.1. The summed E-state index contributed by atoms with van der Waals surface area (Å²) in [6, 6.07) is 5.00. The van der Waals surface area contributed by atoms with Crippen molar-refractivity contribution in [3.05, 3.63) is 35.4 Å². The van der Waals surface area contributed by atoms with Gasteiger partial charge in [-0.25, -0.2) is 8.78 Å². The van der Waals surface area contributed by atoms with E-state index in [-0.39, 0.29) is 0 Å². The summed E-state index contributed by atoms with van der Waals surface area (Å²) in [6.45, 7) is 6.81. The van der Waals surface area contributed by atoms with Gasteiger partial charge in [-0.1, -0.05) is 6.07 Å². The predicted molar refractivity (Wildman–Crippen MR) is 63.7 cm³/mol. The van der Waals surface area contributed by atoms with Crippen LogP contribution in [0.1, 0.15) is 19.4 Å². The molecule has 1 saturated heterocycles. The first-order valence-corrected chi connectivity index (χ1v) is 5.97. The molecule has 2 unspecified atom stereocenters. The number of benzene rings is 1. The average molecular weight is 240 g/mol. The van der Waals surface area contributed by atoms with E-state index >= 15 is 0 Å². The Labute approximate surface area is 101 Å². The van der Waals surface area contributed by atoms with Crippen molar-refractivity contribution in [3.63, 3.8) is 0 Å². The van der Waals surface area contributed by atoms with Crippen molar-refractivity contribution in [2.24, 2.45) is 0 Å². The highest BCUT2D eigenvalue weighted by atomic mass is 19.2. The molecule has 1 aromatic rings. The number of nitrogens with one attached hydrogen (secondary N) is 1. The average Bonchev–Trinajstić information content (AvgIpc) is 2.22. The van der Waals surface area contributed by atoms with E-state index in [1.807, 2.05) is 0 Å². The van der Waals surface area contributed by atoms with E-state index in [0.29, 0.717) is 18.6 Å². The van der Waals surface area contributed by atoms with Crippen LogP contribution < -0.4 is 5.32 Å². The molecule has 0 radical (unpaired) electrons. The third kappa shape index (κ3) is 3.23. The van der Waals surface area contributed by atoms with E-state index in [4.69, 9.17) is 0 Å². The van der Waals surface area contributed by atoms with Crippen molar-refractivity contribution in [1.29, 1.82) is 0 Å². The van der Waals surface area contributed by atoms with E-state index < -0.39 is 11.6 Å². The van der Waals surface area contributed by atoms with E-state index in [9.17, 15) is 8.78 Å². The minimum Gasteiger partial charge on any atom is -0.309 e. The monoisotopic (exact) mass is 240 g/mol. The van der Waals surface area contributed by atoms with Crippen LogP contribution >= 0.6 is 0 Å². The van der Waals surface area contributed by atoms with Gasteiger partial charge in [-0.05, 0) is 31.5 Å². The normalized spacial score (nSPS) is 26.1. The maximum atomic E-state index is 13.1. The fraction of sp³-hybridized carbons (Fsp3) is 0.538. The Kier molecular flexibility index (Phi) is 3.74. The summed E-state index contributed by atoms with van der Waals surface area (Å²) < 4.78 is 25.9. The van der Waals surface area contributed by atoms with E-state index in [1.54, 1.807) is 6.07 Å². The van der Waals surface area contributed by atoms with Gasteiger partial charge in [-0.3, -0.25) is 4.90 Å². The lowest BCUT2D eigenvalue weighted by Gasteiger charge is -2.36. The summed E-state index contributed by atoms with van der Waals surface area (Å²) in [6.07, 6.45) is 0. The van der Waals surface area contributed by atoms with Crippen molar-refractivity contribution >= 4 is 0 Å². The molecule has 0 aromatic heterocycles. The van der Waals surface area contributed by atoms with Gasteiger partial charge >= 0.3 is 0 Å². The maximum Gasteiger partial charge on any atom is 0.159 e. The molecular formula is C13H18F2N2. The van der Waals surface area contributed by atoms with Gasteiger partial charge < -0.3 is 5.32 Å². The molecule has 0 amide bonds. The Morgan fingerprint density at radius 1 is 1.18 bits per heavy atom. The highest BCUT2D eigenvalue weighted by Gasteiger charge is 2.20. The molecule has 2 rings (SSSR count). The van der Waals surface area contributed by atoms with E-state index in [0.717, 1.165) is 18.7 Å². The second-order valence-electron chi connectivity index (χ2n) is 4.91. The first-order chi connectivity index (χ1) is 8.04.